The van der Waals surface area contributed by atoms with E-state index in [1.807, 2.05) is 0 Å². The molecule has 0 unspecified atom stereocenters. The Morgan fingerprint density at radius 2 is 1.13 bits per heavy atom. The summed E-state index contributed by atoms with van der Waals surface area (Å²) >= 11 is 0. The van der Waals surface area contributed by atoms with Gasteiger partial charge in [0, 0.05) is 48.8 Å². The van der Waals surface area contributed by atoms with Crippen molar-refractivity contribution >= 4 is 103 Å². The van der Waals surface area contributed by atoms with Crippen molar-refractivity contribution in [2.45, 2.75) is 19.6 Å². The van der Waals surface area contributed by atoms with Crippen molar-refractivity contribution in [3.05, 3.63) is 96.6 Å². The molecule has 0 spiro atoms. The van der Waals surface area contributed by atoms with Gasteiger partial charge in [-0.1, -0.05) is 12.1 Å². The molecule has 2 heterocycles. The minimum absolute atomic E-state index is 0. The van der Waals surface area contributed by atoms with Crippen LogP contribution in [0.15, 0.2) is 115 Å². The zero-order valence-corrected chi connectivity index (χ0v) is 44.5. The van der Waals surface area contributed by atoms with Crippen molar-refractivity contribution in [3.8, 4) is 0 Å². The van der Waals surface area contributed by atoms with E-state index in [2.05, 4.69) is 20.6 Å². The average molecular weight is 965 g/mol. The zero-order valence-electron chi connectivity index (χ0n) is 33.2. The van der Waals surface area contributed by atoms with Crippen LogP contribution < -0.4 is 139 Å². The van der Waals surface area contributed by atoms with Gasteiger partial charge in [0.15, 0.2) is 0 Å². The first-order valence-corrected chi connectivity index (χ1v) is 21.4. The van der Waals surface area contributed by atoms with E-state index in [9.17, 15) is 66.9 Å². The molecule has 0 atom stereocenters. The van der Waals surface area contributed by atoms with Gasteiger partial charge in [0.05, 0.1) is 38.6 Å². The summed E-state index contributed by atoms with van der Waals surface area (Å²) in [5.41, 5.74) is -0.0673. The van der Waals surface area contributed by atoms with Gasteiger partial charge in [-0.2, -0.15) is 16.8 Å². The quantitative estimate of drug-likeness (QED) is 0.0429. The van der Waals surface area contributed by atoms with Crippen molar-refractivity contribution in [1.82, 2.24) is 9.13 Å². The number of aromatic nitrogens is 2. The van der Waals surface area contributed by atoms with Gasteiger partial charge in [-0.25, -0.2) is 21.8 Å². The second-order valence-electron chi connectivity index (χ2n) is 12.4. The molecule has 2 aromatic heterocycles. The Kier molecular flexibility index (Phi) is 18.9. The Balaban J connectivity index is 0.00000331. The molecule has 0 aliphatic rings. The number of benzene rings is 4. The van der Waals surface area contributed by atoms with Gasteiger partial charge in [0.25, 0.3) is 26.1 Å². The van der Waals surface area contributed by atoms with Crippen molar-refractivity contribution in [3.63, 3.8) is 0 Å². The third kappa shape index (κ3) is 13.0. The smallest absolute Gasteiger partial charge is 0.857 e. The summed E-state index contributed by atoms with van der Waals surface area (Å²) in [4.78, 5) is 17.4. The van der Waals surface area contributed by atoms with E-state index in [-0.39, 0.29) is 174 Å². The van der Waals surface area contributed by atoms with Crippen LogP contribution in [0.5, 0.6) is 0 Å². The molecule has 6 aromatic rings. The number of anilines is 2. The number of amides is 1. The molecule has 29 heteroatoms. The number of hydrogen-bond acceptors (Lipinski definition) is 15. The third-order valence-electron chi connectivity index (χ3n) is 8.31. The maximum Gasteiger partial charge on any atom is 1.00 e. The molecule has 6 rings (SSSR count). The predicted octanol–water partition coefficient (Wildman–Crippen LogP) is -10.9. The van der Waals surface area contributed by atoms with Crippen molar-refractivity contribution in [2.24, 2.45) is 24.1 Å². The molecule has 0 bridgehead atoms. The predicted molar refractivity (Wildman–Crippen MR) is 199 cm³/mol. The van der Waals surface area contributed by atoms with Gasteiger partial charge >= 0.3 is 118 Å². The standard InChI is InChI=1S/C33H28N6O15S4.4Na/c1-38-15-21(11-27(38)31(40)34-19-5-6-25-18(7-19)9-24(56(46,47)48)13-29(25)57(49,50)51)36-33(42)37-22-12-28(39(2)16-22)32(41)35-20-4-3-17-8-23(55(43,44)45)14-30(26(17)10-20)58(52,53)54;;;;/h3-16H,1-2H3,(H,34,40)(H,35,41)(H2,36,37,42)(H,43,44,45)(H,46,47,48)(H,49,50,51)(H,52,53,54);;;;/q;4*+1/p-4. The summed E-state index contributed by atoms with van der Waals surface area (Å²) < 4.78 is 139. The molecule has 4 aromatic carbocycles. The van der Waals surface area contributed by atoms with Crippen LogP contribution in [-0.4, -0.2) is 78.8 Å². The van der Waals surface area contributed by atoms with Gasteiger partial charge in [-0.05, 0) is 71.4 Å². The van der Waals surface area contributed by atoms with Crippen LogP contribution >= 0.6 is 0 Å². The number of rotatable bonds is 10. The minimum atomic E-state index is -5.15. The molecule has 0 radical (unpaired) electrons. The van der Waals surface area contributed by atoms with Crippen molar-refractivity contribution in [2.75, 3.05) is 10.6 Å². The van der Waals surface area contributed by atoms with E-state index in [1.54, 1.807) is 0 Å². The zero-order chi connectivity index (χ0) is 42.7. The Hall–Kier alpha value is -2.19. The van der Waals surface area contributed by atoms with E-state index >= 15 is 0 Å². The van der Waals surface area contributed by atoms with Gasteiger partial charge in [0.1, 0.15) is 35.7 Å². The molecule has 0 fully saturated rings. The molecule has 62 heavy (non-hydrogen) atoms. The summed E-state index contributed by atoms with van der Waals surface area (Å²) in [7, 11) is -17.3. The second-order valence-corrected chi connectivity index (χ2v) is 17.9. The average Bonchev–Trinajstić information content (AvgIpc) is 3.65. The number of nitrogens with one attached hydrogen (secondary N) is 2. The van der Waals surface area contributed by atoms with Crippen LogP contribution in [0.4, 0.5) is 22.7 Å². The number of aliphatic imine (C=N–C) groups is 2. The molecule has 0 aliphatic heterocycles. The van der Waals surface area contributed by atoms with Crippen molar-refractivity contribution in [1.29, 1.82) is 0 Å². The molecular formula is C33H24N6Na4O15S4. The first kappa shape index (κ1) is 55.9. The normalized spacial score (nSPS) is 12.4. The molecule has 1 amide bonds. The molecular weight excluding hydrogens is 941 g/mol. The third-order valence-corrected chi connectivity index (χ3v) is 11.7. The van der Waals surface area contributed by atoms with E-state index in [0.717, 1.165) is 30.3 Å². The van der Waals surface area contributed by atoms with Crippen molar-refractivity contribution < 1.29 is 185 Å². The van der Waals surface area contributed by atoms with E-state index < -0.39 is 77.9 Å². The fraction of sp³-hybridized carbons (Fsp3) is 0.0606. The summed E-state index contributed by atoms with van der Waals surface area (Å²) in [5.74, 6) is -1.62. The number of fused-ring (bicyclic) bond motifs is 2. The Morgan fingerprint density at radius 3 is 1.69 bits per heavy atom. The van der Waals surface area contributed by atoms with Gasteiger partial charge < -0.3 is 39.1 Å². The number of aryl methyl sites for hydroxylation is 2. The molecule has 0 saturated heterocycles. The van der Waals surface area contributed by atoms with E-state index in [4.69, 9.17) is 0 Å². The topological polar surface area (TPSA) is 345 Å². The summed E-state index contributed by atoms with van der Waals surface area (Å²) in [6, 6.07) is 11.5. The first-order chi connectivity index (χ1) is 26.8. The van der Waals surface area contributed by atoms with Crippen LogP contribution in [0, 0.1) is 0 Å². The first-order valence-electron chi connectivity index (χ1n) is 15.7. The van der Waals surface area contributed by atoms with Crippen LogP contribution in [-0.2, 0) is 54.6 Å². The fourth-order valence-corrected chi connectivity index (χ4v) is 8.46. The fourth-order valence-electron chi connectivity index (χ4n) is 5.77. The van der Waals surface area contributed by atoms with Crippen LogP contribution in [0.1, 0.15) is 16.2 Å². The minimum Gasteiger partial charge on any atom is -0.857 e. The number of carbonyl (C=O) groups excluding carboxylic acids is 1. The Labute approximate surface area is 441 Å². The molecule has 4 N–H and O–H groups in total. The van der Waals surface area contributed by atoms with E-state index in [0.29, 0.717) is 12.1 Å². The maximum atomic E-state index is 13.2. The van der Waals surface area contributed by atoms with Gasteiger partial charge in [-0.15, -0.1) is 0 Å². The van der Waals surface area contributed by atoms with Crippen LogP contribution in [0.3, 0.4) is 0 Å². The maximum absolute atomic E-state index is 13.2. The molecule has 0 aliphatic carbocycles. The number of carbonyl (C=O) groups is 1. The molecule has 0 saturated carbocycles. The largest absolute Gasteiger partial charge is 1.00 e. The summed E-state index contributed by atoms with van der Waals surface area (Å²) in [6.07, 6.45) is 2.68. The molecule has 304 valence electrons. The van der Waals surface area contributed by atoms with Gasteiger partial charge in [0.2, 0.25) is 0 Å². The number of amidine groups is 1. The second kappa shape index (κ2) is 21.0. The number of hydrogen-bond donors (Lipinski definition) is 4. The Bertz CT molecular complexity index is 3270. The SMILES string of the molecule is Cn1cc(NC([O-])=Nc2cc(C([O-])=Nc3ccc4c(S(=O)(=O)O)cc(S(=O)(=O)[O-])cc4c3)n(C)c2)cc1C(=O)Nc1ccc2cc(S(=O)(=O)[O-])cc(S(=O)(=O)O)c2c1.[Na+].[Na+].[Na+].[Na+]. The molecule has 21 nitrogen and oxygen atoms in total. The van der Waals surface area contributed by atoms with Crippen LogP contribution in [0.2, 0.25) is 0 Å². The monoisotopic (exact) mass is 964 g/mol. The van der Waals surface area contributed by atoms with Gasteiger partial charge in [-0.3, -0.25) is 18.9 Å². The summed E-state index contributed by atoms with van der Waals surface area (Å²) in [5, 5.41) is 30.4. The summed E-state index contributed by atoms with van der Waals surface area (Å²) in [6.45, 7) is 0. The Morgan fingerprint density at radius 1 is 0.581 bits per heavy atom. The van der Waals surface area contributed by atoms with Crippen LogP contribution in [0.25, 0.3) is 21.5 Å². The number of nitrogens with zero attached hydrogens (tertiary/aromatic N) is 4. The van der Waals surface area contributed by atoms with E-state index in [1.165, 1.54) is 66.0 Å².